The molecule has 46 valence electrons. The molecule has 0 fully saturated rings. The third kappa shape index (κ3) is 3.14. The van der Waals surface area contributed by atoms with Gasteiger partial charge in [0, 0.05) is 0 Å². The minimum atomic E-state index is -1.69. The van der Waals surface area contributed by atoms with Gasteiger partial charge in [0.25, 0.3) is 0 Å². The van der Waals surface area contributed by atoms with E-state index in [0.29, 0.717) is 0 Å². The van der Waals surface area contributed by atoms with Crippen molar-refractivity contribution in [1.29, 1.82) is 0 Å². The summed E-state index contributed by atoms with van der Waals surface area (Å²) in [7, 11) is -1.02. The molecule has 0 heterocycles. The second-order valence-electron chi connectivity index (χ2n) is 0.835. The molecule has 0 aliphatic carbocycles. The van der Waals surface area contributed by atoms with Crippen molar-refractivity contribution in [2.75, 3.05) is 0 Å². The van der Waals surface area contributed by atoms with Gasteiger partial charge in [0.05, 0.1) is 0 Å². The van der Waals surface area contributed by atoms with Crippen LogP contribution in [0.5, 0.6) is 0 Å². The van der Waals surface area contributed by atoms with E-state index in [-0.39, 0.29) is 0 Å². The molecular weight excluding hydrogens is 235 g/mol. The van der Waals surface area contributed by atoms with Crippen LogP contribution in [-0.2, 0) is 57.8 Å². The van der Waals surface area contributed by atoms with E-state index in [0.717, 1.165) is 0 Å². The fourth-order valence-electron chi connectivity index (χ4n) is 0.0351. The first-order chi connectivity index (χ1) is 3.50. The fourth-order valence-corrected chi connectivity index (χ4v) is 2.85. The average Bonchev–Trinajstić information content (AvgIpc) is 1.67. The van der Waals surface area contributed by atoms with Gasteiger partial charge in [-0.05, 0) is 0 Å². The molecule has 0 rings (SSSR count). The van der Waals surface area contributed by atoms with E-state index in [1.165, 1.54) is 5.43 Å². The molecule has 0 saturated heterocycles. The molecule has 0 atom stereocenters. The van der Waals surface area contributed by atoms with Gasteiger partial charge in [-0.15, -0.1) is 0 Å². The summed E-state index contributed by atoms with van der Waals surface area (Å²) in [4.78, 5) is 0. The van der Waals surface area contributed by atoms with Gasteiger partial charge >= 0.3 is 75.3 Å². The van der Waals surface area contributed by atoms with Crippen molar-refractivity contribution in [2.45, 2.75) is 0 Å². The molecule has 0 aromatic heterocycles. The molecule has 0 N–H and O–H groups in total. The van der Waals surface area contributed by atoms with Gasteiger partial charge in [-0.2, -0.15) is 0 Å². The summed E-state index contributed by atoms with van der Waals surface area (Å²) < 4.78 is 0. The molecule has 0 nitrogen and oxygen atoms in total. The van der Waals surface area contributed by atoms with Crippen LogP contribution >= 0.6 is 12.1 Å². The van der Waals surface area contributed by atoms with Gasteiger partial charge in [-0.25, -0.2) is 0 Å². The zero-order valence-electron chi connectivity index (χ0n) is 3.47. The van der Waals surface area contributed by atoms with E-state index in [4.69, 9.17) is 44.8 Å². The normalized spacial score (nSPS) is 11.1. The van der Waals surface area contributed by atoms with E-state index in [2.05, 4.69) is 12.1 Å². The first-order valence-electron chi connectivity index (χ1n) is 1.35. The molecule has 0 aliphatic heterocycles. The van der Waals surface area contributed by atoms with Crippen LogP contribution in [0.1, 0.15) is 0 Å². The number of rotatable bonds is 2. The Bertz CT molecular complexity index is 228. The van der Waals surface area contributed by atoms with Crippen molar-refractivity contribution < 1.29 is 0 Å². The van der Waals surface area contributed by atoms with Crippen LogP contribution in [0.2, 0.25) is 0 Å². The van der Waals surface area contributed by atoms with Crippen molar-refractivity contribution in [3.63, 3.8) is 0 Å². The molecule has 8 heavy (non-hydrogen) atoms. The molecule has 0 aliphatic rings. The number of thiol groups is 1. The van der Waals surface area contributed by atoms with Crippen LogP contribution < -0.4 is 0 Å². The first-order valence-corrected chi connectivity index (χ1v) is 9.34. The summed E-state index contributed by atoms with van der Waals surface area (Å²) in [5.74, 6) is 0. The Morgan fingerprint density at radius 1 is 1.25 bits per heavy atom. The van der Waals surface area contributed by atoms with Gasteiger partial charge in [-0.3, -0.25) is 0 Å². The molecule has 8 heteroatoms. The summed E-state index contributed by atoms with van der Waals surface area (Å²) in [6, 6.07) is -1.69. The Kier molecular flexibility index (Phi) is 4.80. The molecule has 0 aromatic carbocycles. The predicted octanol–water partition coefficient (Wildman–Crippen LogP) is -0.0147. The van der Waals surface area contributed by atoms with Gasteiger partial charge in [-0.1, -0.05) is 0 Å². The molecule has 0 amide bonds. The quantitative estimate of drug-likeness (QED) is 0.405. The SMILES string of the molecule is S=BS(=S)(=S)[SH](=S)=S. The van der Waals surface area contributed by atoms with Crippen LogP contribution in [0.3, 0.4) is 0 Å². The monoisotopic (exact) mass is 236 g/mol. The second-order valence-corrected chi connectivity index (χ2v) is 15.4. The molecule has 0 unspecified atom stereocenters. The average molecular weight is 236 g/mol. The van der Waals surface area contributed by atoms with Gasteiger partial charge in [0.1, 0.15) is 0 Å². The molecular formula is HBS7. The standard InChI is InChI=1S/BHS7/c2-1-8(5,6)7(3)4/h7H. The van der Waals surface area contributed by atoms with E-state index in [1.807, 2.05) is 0 Å². The Labute approximate surface area is 74.5 Å². The molecule has 0 aromatic rings. The van der Waals surface area contributed by atoms with Crippen LogP contribution in [0, 0.1) is 0 Å². The fraction of sp³-hybridized carbons (Fsp3) is 0. The molecule has 0 spiro atoms. The zero-order chi connectivity index (χ0) is 6.78. The summed E-state index contributed by atoms with van der Waals surface area (Å²) in [6.45, 7) is 0. The summed E-state index contributed by atoms with van der Waals surface area (Å²) in [5.41, 5.74) is 1.38. The molecule has 0 saturated carbocycles. The van der Waals surface area contributed by atoms with Gasteiger partial charge in [0.15, 0.2) is 0 Å². The predicted molar refractivity (Wildman–Crippen MR) is 58.9 cm³/mol. The summed E-state index contributed by atoms with van der Waals surface area (Å²) in [6.07, 6.45) is 0. The van der Waals surface area contributed by atoms with Crippen LogP contribution in [-0.4, -0.2) is 5.43 Å². The summed E-state index contributed by atoms with van der Waals surface area (Å²) >= 11 is 23.7. The number of hydrogen-bond donors (Lipinski definition) is 1. The molecule has 0 radical (unpaired) electrons. The van der Waals surface area contributed by atoms with Crippen LogP contribution in [0.4, 0.5) is 0 Å². The summed E-state index contributed by atoms with van der Waals surface area (Å²) in [5, 5.41) is 0. The Hall–Kier alpha value is 1.86. The third-order valence-corrected chi connectivity index (χ3v) is 15.5. The van der Waals surface area contributed by atoms with E-state index >= 15 is 0 Å². The number of hydrogen-bond acceptors (Lipinski definition) is 5. The van der Waals surface area contributed by atoms with Crippen molar-refractivity contribution >= 4 is 75.3 Å². The van der Waals surface area contributed by atoms with Gasteiger partial charge in [0.2, 0.25) is 0 Å². The zero-order valence-corrected chi connectivity index (χ0v) is 9.27. The van der Waals surface area contributed by atoms with E-state index < -0.39 is 13.1 Å². The second kappa shape index (κ2) is 3.90. The third-order valence-electron chi connectivity index (χ3n) is 0.329. The Balaban J connectivity index is 4.99. The Morgan fingerprint density at radius 2 is 1.62 bits per heavy atom. The maximum atomic E-state index is 4.83. The molecule has 0 bridgehead atoms. The van der Waals surface area contributed by atoms with Crippen molar-refractivity contribution in [3.05, 3.63) is 0 Å². The minimum absolute atomic E-state index is 1.02. The Morgan fingerprint density at radius 3 is 1.62 bits per heavy atom. The van der Waals surface area contributed by atoms with E-state index in [1.54, 1.807) is 0 Å². The topological polar surface area (TPSA) is 0 Å². The van der Waals surface area contributed by atoms with Crippen molar-refractivity contribution in [3.8, 4) is 0 Å². The van der Waals surface area contributed by atoms with Crippen LogP contribution in [0.15, 0.2) is 0 Å². The first kappa shape index (κ1) is 9.86. The maximum absolute atomic E-state index is 4.83. The van der Waals surface area contributed by atoms with Gasteiger partial charge < -0.3 is 0 Å². The van der Waals surface area contributed by atoms with Crippen molar-refractivity contribution in [2.24, 2.45) is 0 Å². The van der Waals surface area contributed by atoms with E-state index in [9.17, 15) is 0 Å². The van der Waals surface area contributed by atoms with Crippen molar-refractivity contribution in [1.82, 2.24) is 0 Å². The van der Waals surface area contributed by atoms with Crippen LogP contribution in [0.25, 0.3) is 0 Å².